The smallest absolute Gasteiger partial charge is 0.224 e. The van der Waals surface area contributed by atoms with Gasteiger partial charge in [0.2, 0.25) is 5.91 Å². The lowest BCUT2D eigenvalue weighted by molar-refractivity contribution is -0.115. The van der Waals surface area contributed by atoms with Crippen molar-refractivity contribution in [1.29, 1.82) is 0 Å². The molecule has 1 aliphatic carbocycles. The molecule has 1 fully saturated rings. The minimum absolute atomic E-state index is 0.0614. The number of amides is 1. The van der Waals surface area contributed by atoms with E-state index in [-0.39, 0.29) is 5.91 Å². The molecule has 104 valence electrons. The van der Waals surface area contributed by atoms with E-state index >= 15 is 0 Å². The van der Waals surface area contributed by atoms with E-state index in [9.17, 15) is 4.79 Å². The molecular formula is C16H24N2O. The third-order valence-corrected chi connectivity index (χ3v) is 3.71. The van der Waals surface area contributed by atoms with Gasteiger partial charge in [-0.25, -0.2) is 0 Å². The minimum atomic E-state index is 0.0614. The van der Waals surface area contributed by atoms with Crippen LogP contribution in [0.15, 0.2) is 18.2 Å². The molecular weight excluding hydrogens is 236 g/mol. The lowest BCUT2D eigenvalue weighted by atomic mass is 10.1. The van der Waals surface area contributed by atoms with E-state index < -0.39 is 0 Å². The molecule has 19 heavy (non-hydrogen) atoms. The van der Waals surface area contributed by atoms with Gasteiger partial charge in [0.05, 0.1) is 0 Å². The second-order valence-electron chi connectivity index (χ2n) is 5.60. The van der Waals surface area contributed by atoms with Gasteiger partial charge in [0, 0.05) is 23.8 Å². The molecule has 1 saturated carbocycles. The summed E-state index contributed by atoms with van der Waals surface area (Å²) in [5, 5.41) is 6.51. The van der Waals surface area contributed by atoms with Crippen molar-refractivity contribution in [2.45, 2.75) is 52.5 Å². The number of carbonyl (C=O) groups excluding carboxylic acids is 1. The summed E-state index contributed by atoms with van der Waals surface area (Å²) in [6.45, 7) is 6.15. The number of hydrogen-bond donors (Lipinski definition) is 2. The molecule has 3 nitrogen and oxygen atoms in total. The molecule has 0 aliphatic heterocycles. The van der Waals surface area contributed by atoms with E-state index in [0.717, 1.165) is 22.9 Å². The molecule has 0 bridgehead atoms. The maximum atomic E-state index is 11.5. The van der Waals surface area contributed by atoms with Gasteiger partial charge in [-0.1, -0.05) is 25.8 Å². The van der Waals surface area contributed by atoms with E-state index in [2.05, 4.69) is 30.5 Å². The molecule has 1 amide bonds. The second kappa shape index (κ2) is 6.09. The molecule has 2 N–H and O–H groups in total. The predicted molar refractivity (Wildman–Crippen MR) is 80.5 cm³/mol. The third-order valence-electron chi connectivity index (χ3n) is 3.71. The summed E-state index contributed by atoms with van der Waals surface area (Å²) >= 11 is 0. The molecule has 0 saturated heterocycles. The van der Waals surface area contributed by atoms with Gasteiger partial charge in [-0.05, 0) is 43.9 Å². The van der Waals surface area contributed by atoms with Crippen LogP contribution in [0.25, 0.3) is 0 Å². The lowest BCUT2D eigenvalue weighted by Crippen LogP contribution is -2.17. The van der Waals surface area contributed by atoms with Crippen molar-refractivity contribution >= 4 is 17.3 Å². The number of benzene rings is 1. The van der Waals surface area contributed by atoms with Crippen LogP contribution in [0.4, 0.5) is 11.4 Å². The Kier molecular flexibility index (Phi) is 4.46. The highest BCUT2D eigenvalue weighted by Gasteiger charge is 2.23. The topological polar surface area (TPSA) is 41.1 Å². The SMILES string of the molecule is CCC(=O)Nc1cccc(NC(C)CC2CC2)c1C. The van der Waals surface area contributed by atoms with Crippen molar-refractivity contribution in [3.63, 3.8) is 0 Å². The molecule has 1 unspecified atom stereocenters. The molecule has 1 aliphatic rings. The Morgan fingerprint density at radius 1 is 1.37 bits per heavy atom. The van der Waals surface area contributed by atoms with Gasteiger partial charge >= 0.3 is 0 Å². The number of anilines is 2. The molecule has 0 spiro atoms. The Bertz CT molecular complexity index is 452. The number of rotatable bonds is 6. The van der Waals surface area contributed by atoms with Crippen LogP contribution < -0.4 is 10.6 Å². The summed E-state index contributed by atoms with van der Waals surface area (Å²) in [4.78, 5) is 11.5. The molecule has 1 atom stereocenters. The van der Waals surface area contributed by atoms with E-state index in [1.165, 1.54) is 19.3 Å². The highest BCUT2D eigenvalue weighted by Crippen LogP contribution is 2.34. The zero-order valence-corrected chi connectivity index (χ0v) is 12.1. The van der Waals surface area contributed by atoms with E-state index in [1.54, 1.807) is 0 Å². The van der Waals surface area contributed by atoms with Crippen LogP contribution in [0.5, 0.6) is 0 Å². The fourth-order valence-corrected chi connectivity index (χ4v) is 2.34. The highest BCUT2D eigenvalue weighted by atomic mass is 16.1. The standard InChI is InChI=1S/C16H24N2O/c1-4-16(19)18-15-7-5-6-14(12(15)3)17-11(2)10-13-8-9-13/h5-7,11,13,17H,4,8-10H2,1-3H3,(H,18,19). The Hall–Kier alpha value is -1.51. The van der Waals surface area contributed by atoms with Crippen LogP contribution in [0.2, 0.25) is 0 Å². The Morgan fingerprint density at radius 3 is 2.68 bits per heavy atom. The van der Waals surface area contributed by atoms with Crippen molar-refractivity contribution in [2.75, 3.05) is 10.6 Å². The average Bonchev–Trinajstić information content (AvgIpc) is 3.17. The average molecular weight is 260 g/mol. The van der Waals surface area contributed by atoms with Crippen molar-refractivity contribution in [3.8, 4) is 0 Å². The summed E-state index contributed by atoms with van der Waals surface area (Å²) in [7, 11) is 0. The van der Waals surface area contributed by atoms with Crippen LogP contribution in [0, 0.1) is 12.8 Å². The van der Waals surface area contributed by atoms with E-state index in [0.29, 0.717) is 12.5 Å². The van der Waals surface area contributed by atoms with Crippen molar-refractivity contribution in [2.24, 2.45) is 5.92 Å². The normalized spacial score (nSPS) is 15.9. The van der Waals surface area contributed by atoms with Gasteiger partial charge in [-0.2, -0.15) is 0 Å². The molecule has 0 aromatic heterocycles. The Morgan fingerprint density at radius 2 is 2.05 bits per heavy atom. The van der Waals surface area contributed by atoms with Crippen LogP contribution >= 0.6 is 0 Å². The highest BCUT2D eigenvalue weighted by molar-refractivity contribution is 5.92. The Balaban J connectivity index is 2.03. The predicted octanol–water partition coefficient (Wildman–Crippen LogP) is 3.94. The van der Waals surface area contributed by atoms with E-state index in [1.807, 2.05) is 19.1 Å². The van der Waals surface area contributed by atoms with Crippen LogP contribution in [0.1, 0.15) is 45.1 Å². The van der Waals surface area contributed by atoms with Gasteiger partial charge in [-0.15, -0.1) is 0 Å². The number of nitrogens with one attached hydrogen (secondary N) is 2. The van der Waals surface area contributed by atoms with Crippen molar-refractivity contribution in [1.82, 2.24) is 0 Å². The number of hydrogen-bond acceptors (Lipinski definition) is 2. The summed E-state index contributed by atoms with van der Waals surface area (Å²) in [5.41, 5.74) is 3.16. The Labute approximate surface area is 115 Å². The first kappa shape index (κ1) is 13.9. The quantitative estimate of drug-likeness (QED) is 0.813. The van der Waals surface area contributed by atoms with E-state index in [4.69, 9.17) is 0 Å². The van der Waals surface area contributed by atoms with Crippen LogP contribution in [0.3, 0.4) is 0 Å². The third kappa shape index (κ3) is 3.98. The largest absolute Gasteiger partial charge is 0.382 e. The molecule has 1 aromatic rings. The van der Waals surface area contributed by atoms with Gasteiger partial charge < -0.3 is 10.6 Å². The lowest BCUT2D eigenvalue weighted by Gasteiger charge is -2.18. The second-order valence-corrected chi connectivity index (χ2v) is 5.60. The number of carbonyl (C=O) groups is 1. The fraction of sp³-hybridized carbons (Fsp3) is 0.562. The molecule has 3 heteroatoms. The zero-order valence-electron chi connectivity index (χ0n) is 12.1. The minimum Gasteiger partial charge on any atom is -0.382 e. The van der Waals surface area contributed by atoms with Crippen LogP contribution in [-0.2, 0) is 4.79 Å². The summed E-state index contributed by atoms with van der Waals surface area (Å²) in [6, 6.07) is 6.52. The molecule has 1 aromatic carbocycles. The summed E-state index contributed by atoms with van der Waals surface area (Å²) in [5.74, 6) is 0.983. The first-order valence-corrected chi connectivity index (χ1v) is 7.26. The molecule has 2 rings (SSSR count). The monoisotopic (exact) mass is 260 g/mol. The fourth-order valence-electron chi connectivity index (χ4n) is 2.34. The molecule has 0 heterocycles. The first-order chi connectivity index (χ1) is 9.10. The zero-order chi connectivity index (χ0) is 13.8. The maximum Gasteiger partial charge on any atom is 0.224 e. The van der Waals surface area contributed by atoms with Gasteiger partial charge in [0.1, 0.15) is 0 Å². The molecule has 0 radical (unpaired) electrons. The summed E-state index contributed by atoms with van der Waals surface area (Å²) in [6.07, 6.45) is 4.52. The summed E-state index contributed by atoms with van der Waals surface area (Å²) < 4.78 is 0. The van der Waals surface area contributed by atoms with Gasteiger partial charge in [0.15, 0.2) is 0 Å². The first-order valence-electron chi connectivity index (χ1n) is 7.26. The van der Waals surface area contributed by atoms with Gasteiger partial charge in [-0.3, -0.25) is 4.79 Å². The van der Waals surface area contributed by atoms with Crippen LogP contribution in [-0.4, -0.2) is 11.9 Å². The van der Waals surface area contributed by atoms with Crippen molar-refractivity contribution in [3.05, 3.63) is 23.8 Å². The van der Waals surface area contributed by atoms with Gasteiger partial charge in [0.25, 0.3) is 0 Å². The maximum absolute atomic E-state index is 11.5. The van der Waals surface area contributed by atoms with Crippen molar-refractivity contribution < 1.29 is 4.79 Å².